The number of carbonyl (C=O) groups is 1. The van der Waals surface area contributed by atoms with E-state index in [4.69, 9.17) is 14.2 Å². The summed E-state index contributed by atoms with van der Waals surface area (Å²) in [6, 6.07) is 2.87. The summed E-state index contributed by atoms with van der Waals surface area (Å²) in [5, 5.41) is 11.3. The maximum atomic E-state index is 12.0. The number of nitro benzene ring substituents is 1. The van der Waals surface area contributed by atoms with Crippen molar-refractivity contribution in [2.24, 2.45) is 4.99 Å². The first kappa shape index (κ1) is 19.3. The van der Waals surface area contributed by atoms with Gasteiger partial charge in [0, 0.05) is 39.7 Å². The molecule has 0 spiro atoms. The lowest BCUT2D eigenvalue weighted by Gasteiger charge is -2.22. The molecule has 0 aliphatic carbocycles. The maximum absolute atomic E-state index is 12.0. The van der Waals surface area contributed by atoms with Gasteiger partial charge in [-0.25, -0.2) is 4.79 Å². The van der Waals surface area contributed by atoms with Gasteiger partial charge in [0.1, 0.15) is 6.61 Å². The van der Waals surface area contributed by atoms with Crippen LogP contribution in [-0.4, -0.2) is 68.4 Å². The van der Waals surface area contributed by atoms with Gasteiger partial charge in [-0.2, -0.15) is 0 Å². The zero-order chi connectivity index (χ0) is 19.4. The molecule has 1 unspecified atom stereocenters. The number of nitro groups is 1. The van der Waals surface area contributed by atoms with Gasteiger partial charge in [-0.05, 0) is 6.07 Å². The largest absolute Gasteiger partial charge is 0.454 e. The average molecular weight is 366 g/mol. The van der Waals surface area contributed by atoms with E-state index in [2.05, 4.69) is 4.99 Å². The molecule has 0 saturated heterocycles. The van der Waals surface area contributed by atoms with Crippen molar-refractivity contribution < 1.29 is 23.9 Å². The lowest BCUT2D eigenvalue weighted by Crippen LogP contribution is -2.36. The number of rotatable bonds is 4. The third kappa shape index (κ3) is 4.32. The predicted molar refractivity (Wildman–Crippen MR) is 93.8 cm³/mol. The Morgan fingerprint density at radius 2 is 1.85 bits per heavy atom. The summed E-state index contributed by atoms with van der Waals surface area (Å²) in [4.78, 5) is 30.0. The molecular formula is C16H22N4O6. The van der Waals surface area contributed by atoms with Gasteiger partial charge in [-0.3, -0.25) is 10.1 Å². The van der Waals surface area contributed by atoms with Crippen molar-refractivity contribution in [1.82, 2.24) is 9.80 Å². The summed E-state index contributed by atoms with van der Waals surface area (Å²) in [5.41, 5.74) is 0.292. The Labute approximate surface area is 151 Å². The van der Waals surface area contributed by atoms with Crippen molar-refractivity contribution in [1.29, 1.82) is 0 Å². The quantitative estimate of drug-likeness (QED) is 0.345. The van der Waals surface area contributed by atoms with Gasteiger partial charge in [-0.1, -0.05) is 6.92 Å². The smallest absolute Gasteiger partial charge is 0.436 e. The van der Waals surface area contributed by atoms with Crippen molar-refractivity contribution in [2.75, 3.05) is 41.6 Å². The molecule has 0 bridgehead atoms. The van der Waals surface area contributed by atoms with Gasteiger partial charge in [0.25, 0.3) is 5.69 Å². The monoisotopic (exact) mass is 366 g/mol. The lowest BCUT2D eigenvalue weighted by molar-refractivity contribution is -0.385. The van der Waals surface area contributed by atoms with Crippen LogP contribution in [0.25, 0.3) is 0 Å². The third-order valence-corrected chi connectivity index (χ3v) is 3.70. The molecule has 0 fully saturated rings. The fourth-order valence-electron chi connectivity index (χ4n) is 2.50. The van der Waals surface area contributed by atoms with Crippen LogP contribution in [0.2, 0.25) is 0 Å². The number of carbonyl (C=O) groups excluding carboxylic acids is 1. The number of benzene rings is 1. The second-order valence-electron chi connectivity index (χ2n) is 6.20. The second kappa shape index (κ2) is 7.89. The molecule has 0 N–H and O–H groups in total. The van der Waals surface area contributed by atoms with Gasteiger partial charge in [0.05, 0.1) is 11.0 Å². The SMILES string of the molecule is CC(COC(=O)N=C(N(C)C)N(C)C)c1cc2c(cc1[N+](=O)[O-])OCO2. The molecule has 2 rings (SSSR count). The molecule has 1 aliphatic rings. The average Bonchev–Trinajstić information content (AvgIpc) is 3.03. The molecule has 1 aromatic carbocycles. The predicted octanol–water partition coefficient (Wildman–Crippen LogP) is 2.04. The first-order chi connectivity index (χ1) is 12.2. The van der Waals surface area contributed by atoms with E-state index in [1.807, 2.05) is 0 Å². The van der Waals surface area contributed by atoms with Crippen LogP contribution in [0.15, 0.2) is 17.1 Å². The highest BCUT2D eigenvalue weighted by molar-refractivity contribution is 5.89. The zero-order valence-corrected chi connectivity index (χ0v) is 15.4. The van der Waals surface area contributed by atoms with Gasteiger partial charge in [-0.15, -0.1) is 4.99 Å². The second-order valence-corrected chi connectivity index (χ2v) is 6.20. The fraction of sp³-hybridized carbons (Fsp3) is 0.500. The van der Waals surface area contributed by atoms with Crippen LogP contribution in [0.5, 0.6) is 11.5 Å². The van der Waals surface area contributed by atoms with E-state index >= 15 is 0 Å². The van der Waals surface area contributed by atoms with Crippen molar-refractivity contribution in [2.45, 2.75) is 12.8 Å². The minimum absolute atomic E-state index is 0.0197. The third-order valence-electron chi connectivity index (χ3n) is 3.70. The Hall–Kier alpha value is -3.04. The van der Waals surface area contributed by atoms with Crippen molar-refractivity contribution >= 4 is 17.7 Å². The highest BCUT2D eigenvalue weighted by Crippen LogP contribution is 2.40. The van der Waals surface area contributed by atoms with E-state index in [1.165, 1.54) is 6.07 Å². The summed E-state index contributed by atoms with van der Waals surface area (Å²) >= 11 is 0. The Bertz CT molecular complexity index is 722. The van der Waals surface area contributed by atoms with Crippen molar-refractivity contribution in [3.05, 3.63) is 27.8 Å². The molecular weight excluding hydrogens is 344 g/mol. The van der Waals surface area contributed by atoms with Gasteiger partial charge < -0.3 is 24.0 Å². The summed E-state index contributed by atoms with van der Waals surface area (Å²) in [6.45, 7) is 1.68. The highest BCUT2D eigenvalue weighted by atomic mass is 16.7. The molecule has 10 nitrogen and oxygen atoms in total. The van der Waals surface area contributed by atoms with Crippen LogP contribution in [0.1, 0.15) is 18.4 Å². The number of guanidine groups is 1. The first-order valence-electron chi connectivity index (χ1n) is 7.88. The van der Waals surface area contributed by atoms with E-state index < -0.39 is 16.9 Å². The van der Waals surface area contributed by atoms with Crippen LogP contribution < -0.4 is 9.47 Å². The van der Waals surface area contributed by atoms with Gasteiger partial charge in [0.2, 0.25) is 12.8 Å². The highest BCUT2D eigenvalue weighted by Gasteiger charge is 2.27. The summed E-state index contributed by atoms with van der Waals surface area (Å²) in [5.74, 6) is 0.767. The zero-order valence-electron chi connectivity index (χ0n) is 15.4. The van der Waals surface area contributed by atoms with Crippen LogP contribution in [0, 0.1) is 10.1 Å². The number of ether oxygens (including phenoxy) is 3. The molecule has 10 heteroatoms. The minimum Gasteiger partial charge on any atom is -0.454 e. The summed E-state index contributed by atoms with van der Waals surface area (Å²) in [6.07, 6.45) is -0.766. The molecule has 1 amide bonds. The first-order valence-corrected chi connectivity index (χ1v) is 7.88. The standard InChI is InChI=1S/C16H22N4O6/c1-10(8-24-16(21)17-15(18(2)3)19(4)5)11-6-13-14(26-9-25-13)7-12(11)20(22)23/h6-7,10H,8-9H2,1-5H3. The lowest BCUT2D eigenvalue weighted by atomic mass is 9.99. The number of fused-ring (bicyclic) bond motifs is 1. The molecule has 1 aliphatic heterocycles. The van der Waals surface area contributed by atoms with E-state index in [0.29, 0.717) is 23.0 Å². The number of amides is 1. The molecule has 26 heavy (non-hydrogen) atoms. The van der Waals surface area contributed by atoms with Crippen molar-refractivity contribution in [3.63, 3.8) is 0 Å². The van der Waals surface area contributed by atoms with E-state index in [-0.39, 0.29) is 19.1 Å². The number of hydrogen-bond donors (Lipinski definition) is 0. The number of nitrogens with zero attached hydrogens (tertiary/aromatic N) is 4. The topological polar surface area (TPSA) is 107 Å². The molecule has 1 heterocycles. The molecule has 0 aromatic heterocycles. The van der Waals surface area contributed by atoms with Crippen molar-refractivity contribution in [3.8, 4) is 11.5 Å². The Balaban J connectivity index is 2.13. The van der Waals surface area contributed by atoms with Crippen LogP contribution in [0.4, 0.5) is 10.5 Å². The molecule has 0 radical (unpaired) electrons. The molecule has 1 atom stereocenters. The molecule has 0 saturated carbocycles. The van der Waals surface area contributed by atoms with E-state index in [0.717, 1.165) is 0 Å². The minimum atomic E-state index is -0.766. The number of aliphatic imine (C=N–C) groups is 1. The van der Waals surface area contributed by atoms with Crippen LogP contribution >= 0.6 is 0 Å². The number of hydrogen-bond acceptors (Lipinski definition) is 6. The molecule has 1 aromatic rings. The Morgan fingerprint density at radius 1 is 1.27 bits per heavy atom. The summed E-state index contributed by atoms with van der Waals surface area (Å²) in [7, 11) is 7.02. The van der Waals surface area contributed by atoms with Gasteiger partial charge in [0.15, 0.2) is 11.5 Å². The maximum Gasteiger partial charge on any atom is 0.436 e. The summed E-state index contributed by atoms with van der Waals surface area (Å²) < 4.78 is 15.6. The Kier molecular flexibility index (Phi) is 5.86. The normalized spacial score (nSPS) is 13.0. The molecule has 142 valence electrons. The van der Waals surface area contributed by atoms with Gasteiger partial charge >= 0.3 is 6.09 Å². The van der Waals surface area contributed by atoms with E-state index in [9.17, 15) is 14.9 Å². The fourth-order valence-corrected chi connectivity index (χ4v) is 2.50. The Morgan fingerprint density at radius 3 is 2.38 bits per heavy atom. The van der Waals surface area contributed by atoms with Crippen LogP contribution in [-0.2, 0) is 4.74 Å². The van der Waals surface area contributed by atoms with E-state index in [1.54, 1.807) is 51.0 Å². The van der Waals surface area contributed by atoms with Crippen LogP contribution in [0.3, 0.4) is 0 Å².